The van der Waals surface area contributed by atoms with Crippen LogP contribution in [0.2, 0.25) is 0 Å². The molecule has 1 saturated heterocycles. The Hall–Kier alpha value is -1.74. The van der Waals surface area contributed by atoms with Crippen LogP contribution in [0.3, 0.4) is 0 Å². The number of benzene rings is 2. The molecule has 6 nitrogen and oxygen atoms in total. The molecule has 0 aliphatic carbocycles. The molecule has 4 rings (SSSR count). The molecule has 0 amide bonds. The van der Waals surface area contributed by atoms with Gasteiger partial charge in [-0.25, -0.2) is 8.42 Å². The second-order valence-corrected chi connectivity index (χ2v) is 8.04. The summed E-state index contributed by atoms with van der Waals surface area (Å²) in [6, 6.07) is 14.6. The number of sulfonamides is 1. The number of morpholine rings is 1. The number of ether oxygens (including phenoxy) is 1. The van der Waals surface area contributed by atoms with E-state index in [-0.39, 0.29) is 21.9 Å². The Balaban J connectivity index is 0.00000196. The van der Waals surface area contributed by atoms with Gasteiger partial charge in [0.1, 0.15) is 5.84 Å². The maximum absolute atomic E-state index is 12.7. The first kappa shape index (κ1) is 19.0. The van der Waals surface area contributed by atoms with E-state index in [1.54, 1.807) is 24.3 Å². The monoisotopic (exact) mass is 437 g/mol. The molecule has 138 valence electrons. The lowest BCUT2D eigenvalue weighted by Gasteiger charge is -2.26. The van der Waals surface area contributed by atoms with Crippen LogP contribution in [0.15, 0.2) is 53.4 Å². The van der Waals surface area contributed by atoms with Gasteiger partial charge in [-0.15, -0.1) is 17.0 Å². The van der Waals surface area contributed by atoms with E-state index in [0.717, 1.165) is 16.8 Å². The van der Waals surface area contributed by atoms with Gasteiger partial charge in [0.25, 0.3) is 0 Å². The number of fused-ring (bicyclic) bond motifs is 1. The van der Waals surface area contributed by atoms with Gasteiger partial charge in [0, 0.05) is 24.3 Å². The Morgan fingerprint density at radius 1 is 0.962 bits per heavy atom. The van der Waals surface area contributed by atoms with E-state index in [9.17, 15) is 8.42 Å². The van der Waals surface area contributed by atoms with Crippen molar-refractivity contribution < 1.29 is 13.2 Å². The van der Waals surface area contributed by atoms with Crippen LogP contribution in [0.25, 0.3) is 0 Å². The molecule has 0 aromatic heterocycles. The smallest absolute Gasteiger partial charge is 0.243 e. The summed E-state index contributed by atoms with van der Waals surface area (Å²) >= 11 is 0. The highest BCUT2D eigenvalue weighted by molar-refractivity contribution is 8.93. The highest BCUT2D eigenvalue weighted by Gasteiger charge is 2.28. The molecular formula is C18H20BrN3O3S. The van der Waals surface area contributed by atoms with Crippen molar-refractivity contribution in [2.24, 2.45) is 0 Å². The second-order valence-electron chi connectivity index (χ2n) is 6.10. The summed E-state index contributed by atoms with van der Waals surface area (Å²) in [5.74, 6) is 0.444. The Kier molecular flexibility index (Phi) is 5.47. The van der Waals surface area contributed by atoms with E-state index < -0.39 is 10.0 Å². The molecule has 2 aromatic rings. The number of anilines is 1. The van der Waals surface area contributed by atoms with Crippen molar-refractivity contribution in [1.82, 2.24) is 4.31 Å². The summed E-state index contributed by atoms with van der Waals surface area (Å²) in [4.78, 5) is 2.16. The average molecular weight is 438 g/mol. The zero-order chi connectivity index (χ0) is 17.4. The first-order valence-corrected chi connectivity index (χ1v) is 9.64. The van der Waals surface area contributed by atoms with Crippen LogP contribution in [0, 0.1) is 5.41 Å². The fourth-order valence-electron chi connectivity index (χ4n) is 3.24. The minimum atomic E-state index is -3.49. The van der Waals surface area contributed by atoms with Gasteiger partial charge in [0.05, 0.1) is 24.7 Å². The number of halogens is 1. The molecule has 2 aliphatic heterocycles. The normalized spacial score (nSPS) is 17.7. The summed E-state index contributed by atoms with van der Waals surface area (Å²) in [6.45, 7) is 2.26. The van der Waals surface area contributed by atoms with Crippen LogP contribution in [-0.2, 0) is 21.3 Å². The fourth-order valence-corrected chi connectivity index (χ4v) is 4.65. The van der Waals surface area contributed by atoms with E-state index >= 15 is 0 Å². The first-order chi connectivity index (χ1) is 12.1. The Morgan fingerprint density at radius 3 is 2.27 bits per heavy atom. The lowest BCUT2D eigenvalue weighted by Crippen LogP contribution is -2.40. The van der Waals surface area contributed by atoms with Crippen molar-refractivity contribution in [3.63, 3.8) is 0 Å². The lowest BCUT2D eigenvalue weighted by atomic mass is 10.1. The number of rotatable bonds is 3. The molecule has 8 heteroatoms. The van der Waals surface area contributed by atoms with Gasteiger partial charge in [-0.05, 0) is 29.8 Å². The maximum atomic E-state index is 12.7. The maximum Gasteiger partial charge on any atom is 0.243 e. The quantitative estimate of drug-likeness (QED) is 0.800. The first-order valence-electron chi connectivity index (χ1n) is 8.20. The van der Waals surface area contributed by atoms with Gasteiger partial charge in [0.2, 0.25) is 10.0 Å². The number of nitrogens with zero attached hydrogens (tertiary/aromatic N) is 2. The van der Waals surface area contributed by atoms with Gasteiger partial charge < -0.3 is 9.64 Å². The third-order valence-corrected chi connectivity index (χ3v) is 6.54. The number of nitrogens with one attached hydrogen (secondary N) is 1. The van der Waals surface area contributed by atoms with Gasteiger partial charge in [-0.2, -0.15) is 4.31 Å². The fraction of sp³-hybridized carbons (Fsp3) is 0.278. The van der Waals surface area contributed by atoms with Crippen LogP contribution < -0.4 is 4.90 Å². The SMILES string of the molecule is Br.N=C1c2ccccc2CN1c1ccc(S(=O)(=O)N2CCOCC2)cc1. The van der Waals surface area contributed by atoms with E-state index in [1.165, 1.54) is 4.31 Å². The molecule has 0 bridgehead atoms. The third-order valence-electron chi connectivity index (χ3n) is 4.63. The van der Waals surface area contributed by atoms with E-state index in [1.807, 2.05) is 29.2 Å². The molecule has 0 atom stereocenters. The molecule has 0 saturated carbocycles. The summed E-state index contributed by atoms with van der Waals surface area (Å²) in [5, 5.41) is 8.35. The standard InChI is InChI=1S/C18H19N3O3S.BrH/c19-18-17-4-2-1-3-14(17)13-21(18)15-5-7-16(8-6-15)25(22,23)20-9-11-24-12-10-20;/h1-8,19H,9-13H2;1H. The summed E-state index contributed by atoms with van der Waals surface area (Å²) in [7, 11) is -3.49. The van der Waals surface area contributed by atoms with Gasteiger partial charge >= 0.3 is 0 Å². The van der Waals surface area contributed by atoms with Crippen molar-refractivity contribution in [3.8, 4) is 0 Å². The van der Waals surface area contributed by atoms with E-state index in [2.05, 4.69) is 0 Å². The van der Waals surface area contributed by atoms with Gasteiger partial charge in [-0.1, -0.05) is 24.3 Å². The molecule has 1 fully saturated rings. The Labute approximate surface area is 163 Å². The predicted molar refractivity (Wildman–Crippen MR) is 106 cm³/mol. The van der Waals surface area contributed by atoms with Crippen molar-refractivity contribution in [1.29, 1.82) is 5.41 Å². The largest absolute Gasteiger partial charge is 0.379 e. The summed E-state index contributed by atoms with van der Waals surface area (Å²) in [6.07, 6.45) is 0. The zero-order valence-electron chi connectivity index (χ0n) is 14.1. The molecule has 0 radical (unpaired) electrons. The Bertz CT molecular complexity index is 910. The lowest BCUT2D eigenvalue weighted by molar-refractivity contribution is 0.0730. The molecular weight excluding hydrogens is 418 g/mol. The second kappa shape index (κ2) is 7.48. The number of hydrogen-bond donors (Lipinski definition) is 1. The average Bonchev–Trinajstić information content (AvgIpc) is 3.00. The van der Waals surface area contributed by atoms with Crippen LogP contribution in [0.1, 0.15) is 11.1 Å². The highest BCUT2D eigenvalue weighted by atomic mass is 79.9. The van der Waals surface area contributed by atoms with Gasteiger partial charge in [-0.3, -0.25) is 5.41 Å². The number of amidine groups is 1. The molecule has 0 spiro atoms. The molecule has 2 heterocycles. The minimum Gasteiger partial charge on any atom is -0.379 e. The molecule has 26 heavy (non-hydrogen) atoms. The van der Waals surface area contributed by atoms with Crippen LogP contribution in [0.4, 0.5) is 5.69 Å². The van der Waals surface area contributed by atoms with Crippen molar-refractivity contribution in [2.75, 3.05) is 31.2 Å². The van der Waals surface area contributed by atoms with Crippen LogP contribution in [-0.4, -0.2) is 44.9 Å². The van der Waals surface area contributed by atoms with E-state index in [0.29, 0.717) is 38.7 Å². The van der Waals surface area contributed by atoms with Crippen molar-refractivity contribution in [3.05, 3.63) is 59.7 Å². The Morgan fingerprint density at radius 2 is 1.62 bits per heavy atom. The molecule has 1 N–H and O–H groups in total. The van der Waals surface area contributed by atoms with Crippen LogP contribution in [0.5, 0.6) is 0 Å². The predicted octanol–water partition coefficient (Wildman–Crippen LogP) is 2.63. The minimum absolute atomic E-state index is 0. The van der Waals surface area contributed by atoms with E-state index in [4.69, 9.17) is 10.1 Å². The van der Waals surface area contributed by atoms with Gasteiger partial charge in [0.15, 0.2) is 0 Å². The zero-order valence-corrected chi connectivity index (χ0v) is 16.6. The summed E-state index contributed by atoms with van der Waals surface area (Å²) in [5.41, 5.74) is 2.85. The summed E-state index contributed by atoms with van der Waals surface area (Å²) < 4.78 is 32.0. The molecule has 2 aliphatic rings. The number of hydrogen-bond acceptors (Lipinski definition) is 4. The van der Waals surface area contributed by atoms with Crippen LogP contribution >= 0.6 is 17.0 Å². The van der Waals surface area contributed by atoms with Crippen molar-refractivity contribution >= 4 is 38.5 Å². The highest BCUT2D eigenvalue weighted by Crippen LogP contribution is 2.29. The topological polar surface area (TPSA) is 73.7 Å². The molecule has 2 aromatic carbocycles. The third kappa shape index (κ3) is 3.29. The van der Waals surface area contributed by atoms with Crippen molar-refractivity contribution in [2.45, 2.75) is 11.4 Å². The molecule has 0 unspecified atom stereocenters.